The number of pyridine rings is 1. The summed E-state index contributed by atoms with van der Waals surface area (Å²) in [5.74, 6) is 3.38. The molecule has 0 radical (unpaired) electrons. The highest BCUT2D eigenvalue weighted by atomic mass is 127. The van der Waals surface area contributed by atoms with Crippen molar-refractivity contribution < 1.29 is 4.42 Å². The Bertz CT molecular complexity index is 811. The van der Waals surface area contributed by atoms with Crippen molar-refractivity contribution in [3.8, 4) is 5.82 Å². The van der Waals surface area contributed by atoms with E-state index in [1.165, 1.54) is 0 Å². The van der Waals surface area contributed by atoms with Gasteiger partial charge in [-0.3, -0.25) is 4.57 Å². The highest BCUT2D eigenvalue weighted by Gasteiger charge is 2.03. The van der Waals surface area contributed by atoms with Crippen LogP contribution in [0.25, 0.3) is 5.82 Å². The van der Waals surface area contributed by atoms with Gasteiger partial charge in [0.15, 0.2) is 5.96 Å². The molecule has 0 saturated carbocycles. The number of guanidine groups is 1. The number of halogens is 1. The van der Waals surface area contributed by atoms with E-state index in [4.69, 9.17) is 4.42 Å². The highest BCUT2D eigenvalue weighted by molar-refractivity contribution is 14.0. The lowest BCUT2D eigenvalue weighted by molar-refractivity contribution is 0.501. The second kappa shape index (κ2) is 9.95. The fraction of sp³-hybridized carbons (Fsp3) is 0.278. The summed E-state index contributed by atoms with van der Waals surface area (Å²) in [6.07, 6.45) is 7.17. The van der Waals surface area contributed by atoms with Crippen LogP contribution in [0.1, 0.15) is 24.1 Å². The molecule has 3 heterocycles. The first-order valence-corrected chi connectivity index (χ1v) is 8.26. The Morgan fingerprint density at radius 2 is 2.12 bits per heavy atom. The number of nitrogens with zero attached hydrogens (tertiary/aromatic N) is 4. The molecule has 0 atom stereocenters. The van der Waals surface area contributed by atoms with Gasteiger partial charge < -0.3 is 15.1 Å². The van der Waals surface area contributed by atoms with E-state index < -0.39 is 0 Å². The highest BCUT2D eigenvalue weighted by Crippen LogP contribution is 2.09. The van der Waals surface area contributed by atoms with Crippen molar-refractivity contribution in [2.45, 2.75) is 26.9 Å². The van der Waals surface area contributed by atoms with Gasteiger partial charge in [0.25, 0.3) is 0 Å². The number of imidazole rings is 1. The van der Waals surface area contributed by atoms with Crippen LogP contribution in [0.5, 0.6) is 0 Å². The number of hydrogen-bond acceptors (Lipinski definition) is 4. The Kier molecular flexibility index (Phi) is 7.64. The van der Waals surface area contributed by atoms with Gasteiger partial charge in [-0.2, -0.15) is 0 Å². The molecule has 0 saturated heterocycles. The van der Waals surface area contributed by atoms with Gasteiger partial charge in [-0.15, -0.1) is 24.0 Å². The minimum Gasteiger partial charge on any atom is -0.467 e. The standard InChI is InChI=1S/C18H22N6O.HI/c1-3-19-18(23-13-16-5-4-10-25-16)22-12-15-6-7-17(21-11-15)24-9-8-20-14(24)2;/h4-11H,3,12-13H2,1-2H3,(H2,19,22,23);1H. The van der Waals surface area contributed by atoms with Crippen LogP contribution in [0, 0.1) is 6.92 Å². The van der Waals surface area contributed by atoms with E-state index in [-0.39, 0.29) is 24.0 Å². The van der Waals surface area contributed by atoms with Gasteiger partial charge >= 0.3 is 0 Å². The summed E-state index contributed by atoms with van der Waals surface area (Å²) in [6, 6.07) is 7.80. The third kappa shape index (κ3) is 5.32. The molecule has 0 bridgehead atoms. The van der Waals surface area contributed by atoms with Gasteiger partial charge in [0.05, 0.1) is 19.4 Å². The lowest BCUT2D eigenvalue weighted by Gasteiger charge is -2.10. The minimum absolute atomic E-state index is 0. The largest absolute Gasteiger partial charge is 0.467 e. The van der Waals surface area contributed by atoms with Gasteiger partial charge in [-0.25, -0.2) is 15.0 Å². The number of aromatic nitrogens is 3. The molecule has 0 aromatic carbocycles. The number of nitrogens with one attached hydrogen (secondary N) is 2. The number of rotatable bonds is 6. The summed E-state index contributed by atoms with van der Waals surface area (Å²) in [6.45, 7) is 5.92. The van der Waals surface area contributed by atoms with Gasteiger partial charge in [0, 0.05) is 25.1 Å². The van der Waals surface area contributed by atoms with Crippen molar-refractivity contribution in [3.05, 3.63) is 66.3 Å². The zero-order valence-corrected chi connectivity index (χ0v) is 17.2. The molecule has 26 heavy (non-hydrogen) atoms. The van der Waals surface area contributed by atoms with E-state index in [0.717, 1.165) is 35.5 Å². The van der Waals surface area contributed by atoms with E-state index in [9.17, 15) is 0 Å². The molecular formula is C18H23IN6O. The lowest BCUT2D eigenvalue weighted by Crippen LogP contribution is -2.36. The van der Waals surface area contributed by atoms with E-state index in [1.807, 2.05) is 55.1 Å². The van der Waals surface area contributed by atoms with Crippen molar-refractivity contribution in [2.24, 2.45) is 4.99 Å². The second-order valence-corrected chi connectivity index (χ2v) is 5.50. The van der Waals surface area contributed by atoms with Crippen LogP contribution in [-0.4, -0.2) is 27.0 Å². The van der Waals surface area contributed by atoms with E-state index in [2.05, 4.69) is 25.6 Å². The topological polar surface area (TPSA) is 80.3 Å². The minimum atomic E-state index is 0. The molecule has 0 aliphatic rings. The normalized spacial score (nSPS) is 11.1. The molecule has 3 rings (SSSR count). The summed E-state index contributed by atoms with van der Waals surface area (Å²) in [5, 5.41) is 6.47. The SMILES string of the molecule is CCNC(=NCc1ccc(-n2ccnc2C)nc1)NCc1ccco1.I. The van der Waals surface area contributed by atoms with Crippen molar-refractivity contribution in [1.82, 2.24) is 25.2 Å². The quantitative estimate of drug-likeness (QED) is 0.332. The summed E-state index contributed by atoms with van der Waals surface area (Å²) in [7, 11) is 0. The summed E-state index contributed by atoms with van der Waals surface area (Å²) >= 11 is 0. The van der Waals surface area contributed by atoms with Crippen molar-refractivity contribution in [3.63, 3.8) is 0 Å². The molecule has 0 spiro atoms. The van der Waals surface area contributed by atoms with E-state index in [1.54, 1.807) is 12.5 Å². The molecule has 0 fully saturated rings. The maximum Gasteiger partial charge on any atom is 0.191 e. The molecule has 3 aromatic heterocycles. The molecule has 0 aliphatic carbocycles. The van der Waals surface area contributed by atoms with Crippen LogP contribution < -0.4 is 10.6 Å². The van der Waals surface area contributed by atoms with Crippen molar-refractivity contribution in [1.29, 1.82) is 0 Å². The predicted octanol–water partition coefficient (Wildman–Crippen LogP) is 3.04. The van der Waals surface area contributed by atoms with E-state index in [0.29, 0.717) is 13.1 Å². The smallest absolute Gasteiger partial charge is 0.191 e. The third-order valence-electron chi connectivity index (χ3n) is 3.66. The monoisotopic (exact) mass is 466 g/mol. The van der Waals surface area contributed by atoms with Gasteiger partial charge in [-0.1, -0.05) is 6.07 Å². The Labute approximate surface area is 170 Å². The number of furan rings is 1. The molecule has 138 valence electrons. The fourth-order valence-corrected chi connectivity index (χ4v) is 2.37. The predicted molar refractivity (Wildman–Crippen MR) is 112 cm³/mol. The first kappa shape index (κ1) is 20.0. The summed E-state index contributed by atoms with van der Waals surface area (Å²) < 4.78 is 7.27. The number of aliphatic imine (C=N–C) groups is 1. The Morgan fingerprint density at radius 1 is 1.23 bits per heavy atom. The summed E-state index contributed by atoms with van der Waals surface area (Å²) in [5.41, 5.74) is 1.04. The average Bonchev–Trinajstić information content (AvgIpc) is 3.29. The Hall–Kier alpha value is -2.36. The second-order valence-electron chi connectivity index (χ2n) is 5.50. The zero-order chi connectivity index (χ0) is 17.5. The molecule has 0 amide bonds. The van der Waals surface area contributed by atoms with Crippen LogP contribution in [0.4, 0.5) is 0 Å². The average molecular weight is 466 g/mol. The van der Waals surface area contributed by atoms with E-state index >= 15 is 0 Å². The van der Waals surface area contributed by atoms with Gasteiger partial charge in [-0.05, 0) is 37.6 Å². The third-order valence-corrected chi connectivity index (χ3v) is 3.66. The molecule has 8 heteroatoms. The van der Waals surface area contributed by atoms with Crippen LogP contribution in [0.2, 0.25) is 0 Å². The molecule has 0 aliphatic heterocycles. The number of hydrogen-bond donors (Lipinski definition) is 2. The summed E-state index contributed by atoms with van der Waals surface area (Å²) in [4.78, 5) is 13.3. The maximum atomic E-state index is 5.32. The first-order valence-electron chi connectivity index (χ1n) is 8.26. The molecule has 2 N–H and O–H groups in total. The van der Waals surface area contributed by atoms with Crippen LogP contribution in [-0.2, 0) is 13.1 Å². The van der Waals surface area contributed by atoms with Crippen molar-refractivity contribution in [2.75, 3.05) is 6.54 Å². The maximum absolute atomic E-state index is 5.32. The Balaban J connectivity index is 0.00000243. The Morgan fingerprint density at radius 3 is 2.73 bits per heavy atom. The van der Waals surface area contributed by atoms with Crippen molar-refractivity contribution >= 4 is 29.9 Å². The van der Waals surface area contributed by atoms with Crippen LogP contribution in [0.15, 0.2) is 58.5 Å². The van der Waals surface area contributed by atoms with Gasteiger partial charge in [0.1, 0.15) is 17.4 Å². The molecule has 0 unspecified atom stereocenters. The zero-order valence-electron chi connectivity index (χ0n) is 14.8. The number of aryl methyl sites for hydroxylation is 1. The fourth-order valence-electron chi connectivity index (χ4n) is 2.37. The first-order chi connectivity index (χ1) is 12.3. The lowest BCUT2D eigenvalue weighted by atomic mass is 10.3. The molecule has 7 nitrogen and oxygen atoms in total. The molecular weight excluding hydrogens is 443 g/mol. The van der Waals surface area contributed by atoms with Crippen LogP contribution in [0.3, 0.4) is 0 Å². The molecule has 3 aromatic rings. The van der Waals surface area contributed by atoms with Gasteiger partial charge in [0.2, 0.25) is 0 Å². The van der Waals surface area contributed by atoms with Crippen LogP contribution >= 0.6 is 24.0 Å².